The molecule has 0 aliphatic carbocycles. The predicted octanol–water partition coefficient (Wildman–Crippen LogP) is 4.16. The highest BCUT2D eigenvalue weighted by Gasteiger charge is 2.46. The summed E-state index contributed by atoms with van der Waals surface area (Å²) in [4.78, 5) is 15.4. The second-order valence-corrected chi connectivity index (χ2v) is 5.39. The van der Waals surface area contributed by atoms with E-state index in [4.69, 9.17) is 10.00 Å². The Balaban J connectivity index is 2.47. The molecule has 1 aromatic heterocycles. The largest absolute Gasteiger partial charge is 0.461 e. The molecule has 1 heterocycles. The summed E-state index contributed by atoms with van der Waals surface area (Å²) >= 11 is 3.01. The third kappa shape index (κ3) is 3.68. The zero-order valence-corrected chi connectivity index (χ0v) is 14.0. The molecule has 124 valence electrons. The third-order valence-electron chi connectivity index (χ3n) is 2.89. The fourth-order valence-electron chi connectivity index (χ4n) is 1.88. The zero-order valence-electron chi connectivity index (χ0n) is 12.4. The van der Waals surface area contributed by atoms with Gasteiger partial charge < -0.3 is 9.47 Å². The number of carbonyl (C=O) groups excluding carboxylic acids is 1. The maximum atomic E-state index is 14.5. The van der Waals surface area contributed by atoms with Crippen LogP contribution in [0.25, 0.3) is 0 Å². The molecule has 1 aromatic carbocycles. The number of carbonyl (C=O) groups is 1. The maximum Gasteiger partial charge on any atom is 0.382 e. The van der Waals surface area contributed by atoms with E-state index in [1.165, 1.54) is 43.6 Å². The monoisotopic (exact) mass is 396 g/mol. The first kappa shape index (κ1) is 17.8. The van der Waals surface area contributed by atoms with Crippen LogP contribution >= 0.6 is 15.9 Å². The van der Waals surface area contributed by atoms with E-state index in [0.717, 1.165) is 0 Å². The SMILES string of the molecule is CCOC(=O)C(F)(F)c1c(Br)cccc1Oc1cncc(C#N)c1. The molecule has 0 saturated heterocycles. The van der Waals surface area contributed by atoms with Crippen molar-refractivity contribution in [3.05, 3.63) is 52.3 Å². The van der Waals surface area contributed by atoms with Crippen LogP contribution in [0.5, 0.6) is 11.5 Å². The summed E-state index contributed by atoms with van der Waals surface area (Å²) in [6, 6.07) is 7.34. The lowest BCUT2D eigenvalue weighted by Crippen LogP contribution is -2.29. The quantitative estimate of drug-likeness (QED) is 0.709. The van der Waals surface area contributed by atoms with Crippen molar-refractivity contribution in [2.45, 2.75) is 12.8 Å². The summed E-state index contributed by atoms with van der Waals surface area (Å²) in [6.45, 7) is 1.26. The molecule has 8 heteroatoms. The Morgan fingerprint density at radius 2 is 2.17 bits per heavy atom. The van der Waals surface area contributed by atoms with Crippen molar-refractivity contribution in [3.63, 3.8) is 0 Å². The fraction of sp³-hybridized carbons (Fsp3) is 0.188. The van der Waals surface area contributed by atoms with Crippen molar-refractivity contribution in [2.75, 3.05) is 6.61 Å². The summed E-state index contributed by atoms with van der Waals surface area (Å²) in [7, 11) is 0. The third-order valence-corrected chi connectivity index (χ3v) is 3.55. The van der Waals surface area contributed by atoms with Crippen molar-refractivity contribution in [1.82, 2.24) is 4.98 Å². The number of ether oxygens (including phenoxy) is 2. The summed E-state index contributed by atoms with van der Waals surface area (Å²) in [6.07, 6.45) is 2.58. The molecular formula is C16H11BrF2N2O3. The number of nitrogens with zero attached hydrogens (tertiary/aromatic N) is 2. The second kappa shape index (κ2) is 7.36. The highest BCUT2D eigenvalue weighted by atomic mass is 79.9. The Morgan fingerprint density at radius 1 is 1.42 bits per heavy atom. The Kier molecular flexibility index (Phi) is 5.46. The first-order chi connectivity index (χ1) is 11.4. The predicted molar refractivity (Wildman–Crippen MR) is 83.7 cm³/mol. The van der Waals surface area contributed by atoms with Gasteiger partial charge in [-0.1, -0.05) is 22.0 Å². The van der Waals surface area contributed by atoms with Gasteiger partial charge in [-0.15, -0.1) is 0 Å². The minimum Gasteiger partial charge on any atom is -0.461 e. The number of aromatic nitrogens is 1. The van der Waals surface area contributed by atoms with Crippen LogP contribution in [-0.4, -0.2) is 17.6 Å². The van der Waals surface area contributed by atoms with Crippen molar-refractivity contribution < 1.29 is 23.0 Å². The molecule has 24 heavy (non-hydrogen) atoms. The highest BCUT2D eigenvalue weighted by Crippen LogP contribution is 2.42. The van der Waals surface area contributed by atoms with Crippen LogP contribution in [0.15, 0.2) is 41.1 Å². The fourth-order valence-corrected chi connectivity index (χ4v) is 2.48. The minimum atomic E-state index is -3.91. The van der Waals surface area contributed by atoms with Gasteiger partial charge in [0, 0.05) is 16.7 Å². The number of hydrogen-bond donors (Lipinski definition) is 0. The Morgan fingerprint density at radius 3 is 2.83 bits per heavy atom. The molecule has 0 atom stereocenters. The Hall–Kier alpha value is -2.53. The smallest absolute Gasteiger partial charge is 0.382 e. The van der Waals surface area contributed by atoms with E-state index < -0.39 is 17.5 Å². The molecule has 0 amide bonds. The molecule has 0 spiro atoms. The zero-order chi connectivity index (χ0) is 17.7. The molecule has 2 aromatic rings. The van der Waals surface area contributed by atoms with E-state index in [1.807, 2.05) is 6.07 Å². The van der Waals surface area contributed by atoms with Crippen molar-refractivity contribution in [2.24, 2.45) is 0 Å². The van der Waals surface area contributed by atoms with Gasteiger partial charge in [0.15, 0.2) is 0 Å². The van der Waals surface area contributed by atoms with Gasteiger partial charge in [0.1, 0.15) is 17.6 Å². The topological polar surface area (TPSA) is 72.2 Å². The number of hydrogen-bond acceptors (Lipinski definition) is 5. The van der Waals surface area contributed by atoms with Crippen molar-refractivity contribution in [3.8, 4) is 17.6 Å². The number of halogens is 3. The molecule has 5 nitrogen and oxygen atoms in total. The van der Waals surface area contributed by atoms with Crippen LogP contribution in [0.2, 0.25) is 0 Å². The van der Waals surface area contributed by atoms with Gasteiger partial charge in [-0.3, -0.25) is 4.98 Å². The van der Waals surface area contributed by atoms with E-state index in [-0.39, 0.29) is 28.1 Å². The molecule has 0 saturated carbocycles. The molecule has 0 bridgehead atoms. The van der Waals surface area contributed by atoms with Crippen molar-refractivity contribution >= 4 is 21.9 Å². The lowest BCUT2D eigenvalue weighted by Gasteiger charge is -2.19. The Labute approximate surface area is 145 Å². The molecule has 0 N–H and O–H groups in total. The van der Waals surface area contributed by atoms with Crippen LogP contribution in [-0.2, 0) is 15.5 Å². The molecule has 0 unspecified atom stereocenters. The first-order valence-corrected chi connectivity index (χ1v) is 7.56. The number of pyridine rings is 1. The summed E-state index contributed by atoms with van der Waals surface area (Å²) < 4.78 is 38.7. The average molecular weight is 397 g/mol. The molecule has 0 aliphatic heterocycles. The molecular weight excluding hydrogens is 386 g/mol. The van der Waals surface area contributed by atoms with Gasteiger partial charge in [0.05, 0.1) is 23.9 Å². The average Bonchev–Trinajstić information content (AvgIpc) is 2.55. The van der Waals surface area contributed by atoms with Crippen molar-refractivity contribution in [1.29, 1.82) is 5.26 Å². The maximum absolute atomic E-state index is 14.5. The van der Waals surface area contributed by atoms with E-state index in [9.17, 15) is 13.6 Å². The van der Waals surface area contributed by atoms with Crippen LogP contribution < -0.4 is 4.74 Å². The number of benzene rings is 1. The van der Waals surface area contributed by atoms with Crippen LogP contribution in [0.3, 0.4) is 0 Å². The lowest BCUT2D eigenvalue weighted by molar-refractivity contribution is -0.173. The molecule has 0 radical (unpaired) electrons. The minimum absolute atomic E-state index is 0.0116. The van der Waals surface area contributed by atoms with E-state index in [1.54, 1.807) is 0 Å². The van der Waals surface area contributed by atoms with Crippen LogP contribution in [0, 0.1) is 11.3 Å². The van der Waals surface area contributed by atoms with Gasteiger partial charge in [0.25, 0.3) is 0 Å². The lowest BCUT2D eigenvalue weighted by atomic mass is 10.1. The van der Waals surface area contributed by atoms with Gasteiger partial charge in [0.2, 0.25) is 0 Å². The number of esters is 1. The Bertz CT molecular complexity index is 806. The normalized spacial score (nSPS) is 10.8. The first-order valence-electron chi connectivity index (χ1n) is 6.77. The van der Waals surface area contributed by atoms with E-state index in [2.05, 4.69) is 25.7 Å². The van der Waals surface area contributed by atoms with E-state index >= 15 is 0 Å². The van der Waals surface area contributed by atoms with Gasteiger partial charge in [-0.05, 0) is 19.1 Å². The summed E-state index contributed by atoms with van der Waals surface area (Å²) in [5.41, 5.74) is -0.452. The van der Waals surface area contributed by atoms with E-state index in [0.29, 0.717) is 0 Å². The molecule has 0 fully saturated rings. The highest BCUT2D eigenvalue weighted by molar-refractivity contribution is 9.10. The molecule has 2 rings (SSSR count). The number of rotatable bonds is 5. The van der Waals surface area contributed by atoms with Crippen LogP contribution in [0.1, 0.15) is 18.1 Å². The van der Waals surface area contributed by atoms with Gasteiger partial charge >= 0.3 is 11.9 Å². The van der Waals surface area contributed by atoms with Gasteiger partial charge in [-0.25, -0.2) is 4.79 Å². The summed E-state index contributed by atoms with van der Waals surface area (Å²) in [5, 5.41) is 8.85. The van der Waals surface area contributed by atoms with Gasteiger partial charge in [-0.2, -0.15) is 14.0 Å². The number of nitriles is 1. The summed E-state index contributed by atoms with van der Waals surface area (Å²) in [5.74, 6) is -5.75. The standard InChI is InChI=1S/C16H11BrF2N2O3/c1-2-23-15(22)16(18,19)14-12(17)4-3-5-13(14)24-11-6-10(7-20)8-21-9-11/h3-6,8-9H,2H2,1H3. The van der Waals surface area contributed by atoms with Crippen LogP contribution in [0.4, 0.5) is 8.78 Å². The second-order valence-electron chi connectivity index (χ2n) is 4.53. The number of alkyl halides is 2. The molecule has 0 aliphatic rings.